The van der Waals surface area contributed by atoms with Crippen LogP contribution < -0.4 is 10.2 Å². The van der Waals surface area contributed by atoms with Crippen LogP contribution in [0.25, 0.3) is 0 Å². The average Bonchev–Trinajstić information content (AvgIpc) is 2.59. The molecule has 0 aliphatic rings. The number of nitrogens with zero attached hydrogens (tertiary/aromatic N) is 4. The first-order valence-corrected chi connectivity index (χ1v) is 8.56. The highest BCUT2D eigenvalue weighted by Crippen LogP contribution is 2.20. The van der Waals surface area contributed by atoms with E-state index in [1.807, 2.05) is 50.3 Å². The molecule has 0 aliphatic heterocycles. The van der Waals surface area contributed by atoms with E-state index in [1.165, 1.54) is 0 Å². The third-order valence-electron chi connectivity index (χ3n) is 3.91. The molecule has 0 atom stereocenters. The molecule has 0 bridgehead atoms. The van der Waals surface area contributed by atoms with Gasteiger partial charge in [-0.1, -0.05) is 13.3 Å². The topological polar surface area (TPSA) is 61.4 Å². The Hall–Kier alpha value is -2.63. The molecule has 6 heteroatoms. The second-order valence-corrected chi connectivity index (χ2v) is 6.33. The SMILES string of the molecule is CCCCN(C)C(=O)c1cc(Nc2ccc(N(C)C)cc2)nc(C)n1. The first kappa shape index (κ1) is 18.7. The molecule has 1 amide bonds. The molecule has 1 aromatic carbocycles. The molecular formula is C19H27N5O. The van der Waals surface area contributed by atoms with Crippen LogP contribution in [0.2, 0.25) is 0 Å². The Morgan fingerprint density at radius 1 is 1.12 bits per heavy atom. The van der Waals surface area contributed by atoms with Gasteiger partial charge in [0.15, 0.2) is 0 Å². The van der Waals surface area contributed by atoms with Crippen LogP contribution in [-0.2, 0) is 0 Å². The number of rotatable bonds is 7. The van der Waals surface area contributed by atoms with E-state index in [1.54, 1.807) is 17.9 Å². The van der Waals surface area contributed by atoms with Crippen LogP contribution in [0.5, 0.6) is 0 Å². The number of hydrogen-bond donors (Lipinski definition) is 1. The van der Waals surface area contributed by atoms with Crippen molar-refractivity contribution in [2.24, 2.45) is 0 Å². The quantitative estimate of drug-likeness (QED) is 0.835. The molecule has 6 nitrogen and oxygen atoms in total. The monoisotopic (exact) mass is 341 g/mol. The van der Waals surface area contributed by atoms with E-state index in [0.717, 1.165) is 30.8 Å². The maximum absolute atomic E-state index is 12.5. The summed E-state index contributed by atoms with van der Waals surface area (Å²) in [6.45, 7) is 4.63. The summed E-state index contributed by atoms with van der Waals surface area (Å²) in [5.41, 5.74) is 2.46. The molecule has 0 saturated heterocycles. The lowest BCUT2D eigenvalue weighted by molar-refractivity contribution is 0.0787. The predicted molar refractivity (Wildman–Crippen MR) is 103 cm³/mol. The maximum atomic E-state index is 12.5. The van der Waals surface area contributed by atoms with Gasteiger partial charge in [-0.15, -0.1) is 0 Å². The van der Waals surface area contributed by atoms with E-state index < -0.39 is 0 Å². The Morgan fingerprint density at radius 3 is 2.40 bits per heavy atom. The van der Waals surface area contributed by atoms with Crippen molar-refractivity contribution >= 4 is 23.1 Å². The number of carbonyl (C=O) groups excluding carboxylic acids is 1. The van der Waals surface area contributed by atoms with Gasteiger partial charge in [0.05, 0.1) is 0 Å². The van der Waals surface area contributed by atoms with Crippen molar-refractivity contribution in [3.05, 3.63) is 41.9 Å². The van der Waals surface area contributed by atoms with E-state index in [4.69, 9.17) is 0 Å². The highest BCUT2D eigenvalue weighted by atomic mass is 16.2. The number of hydrogen-bond acceptors (Lipinski definition) is 5. The summed E-state index contributed by atoms with van der Waals surface area (Å²) in [6, 6.07) is 9.74. The zero-order valence-corrected chi connectivity index (χ0v) is 15.7. The van der Waals surface area contributed by atoms with Gasteiger partial charge in [-0.2, -0.15) is 0 Å². The lowest BCUT2D eigenvalue weighted by atomic mass is 10.2. The number of nitrogens with one attached hydrogen (secondary N) is 1. The summed E-state index contributed by atoms with van der Waals surface area (Å²) < 4.78 is 0. The minimum absolute atomic E-state index is 0.0787. The smallest absolute Gasteiger partial charge is 0.272 e. The fourth-order valence-corrected chi connectivity index (χ4v) is 2.42. The molecule has 134 valence electrons. The summed E-state index contributed by atoms with van der Waals surface area (Å²) in [5.74, 6) is 1.12. The normalized spacial score (nSPS) is 10.4. The Bertz CT molecular complexity index is 712. The Kier molecular flexibility index (Phi) is 6.33. The van der Waals surface area contributed by atoms with Crippen molar-refractivity contribution < 1.29 is 4.79 Å². The van der Waals surface area contributed by atoms with Crippen molar-refractivity contribution in [1.82, 2.24) is 14.9 Å². The van der Waals surface area contributed by atoms with Gasteiger partial charge in [0, 0.05) is 45.1 Å². The highest BCUT2D eigenvalue weighted by Gasteiger charge is 2.15. The summed E-state index contributed by atoms with van der Waals surface area (Å²) >= 11 is 0. The fraction of sp³-hybridized carbons (Fsp3) is 0.421. The Labute approximate surface area is 149 Å². The van der Waals surface area contributed by atoms with Crippen LogP contribution in [0.3, 0.4) is 0 Å². The van der Waals surface area contributed by atoms with Crippen molar-refractivity contribution in [2.45, 2.75) is 26.7 Å². The van der Waals surface area contributed by atoms with E-state index in [9.17, 15) is 4.79 Å². The maximum Gasteiger partial charge on any atom is 0.272 e. The molecule has 0 radical (unpaired) electrons. The highest BCUT2D eigenvalue weighted by molar-refractivity contribution is 5.93. The van der Waals surface area contributed by atoms with Gasteiger partial charge in [-0.3, -0.25) is 4.79 Å². The number of aryl methyl sites for hydroxylation is 1. The van der Waals surface area contributed by atoms with Crippen LogP contribution in [0.15, 0.2) is 30.3 Å². The first-order chi connectivity index (χ1) is 11.9. The van der Waals surface area contributed by atoms with Gasteiger partial charge < -0.3 is 15.1 Å². The third-order valence-corrected chi connectivity index (χ3v) is 3.91. The van der Waals surface area contributed by atoms with Crippen molar-refractivity contribution in [2.75, 3.05) is 37.9 Å². The number of amides is 1. The van der Waals surface area contributed by atoms with Gasteiger partial charge in [-0.05, 0) is 37.6 Å². The zero-order chi connectivity index (χ0) is 18.4. The molecule has 0 saturated carbocycles. The summed E-state index contributed by atoms with van der Waals surface area (Å²) in [6.07, 6.45) is 2.03. The molecule has 25 heavy (non-hydrogen) atoms. The lowest BCUT2D eigenvalue weighted by Crippen LogP contribution is -2.28. The van der Waals surface area contributed by atoms with Crippen LogP contribution in [0, 0.1) is 6.92 Å². The molecule has 2 aromatic rings. The van der Waals surface area contributed by atoms with E-state index in [2.05, 4.69) is 22.2 Å². The van der Waals surface area contributed by atoms with Gasteiger partial charge in [0.25, 0.3) is 5.91 Å². The number of aromatic nitrogens is 2. The molecule has 1 aromatic heterocycles. The van der Waals surface area contributed by atoms with Crippen LogP contribution in [0.4, 0.5) is 17.2 Å². The molecule has 1 N–H and O–H groups in total. The van der Waals surface area contributed by atoms with Crippen LogP contribution >= 0.6 is 0 Å². The molecule has 1 heterocycles. The van der Waals surface area contributed by atoms with Gasteiger partial charge in [0.2, 0.25) is 0 Å². The Balaban J connectivity index is 2.16. The van der Waals surface area contributed by atoms with E-state index >= 15 is 0 Å². The second-order valence-electron chi connectivity index (χ2n) is 6.33. The van der Waals surface area contributed by atoms with Crippen molar-refractivity contribution in [1.29, 1.82) is 0 Å². The summed E-state index contributed by atoms with van der Waals surface area (Å²) in [7, 11) is 5.81. The Morgan fingerprint density at radius 2 is 1.80 bits per heavy atom. The molecule has 0 fully saturated rings. The number of benzene rings is 1. The van der Waals surface area contributed by atoms with Gasteiger partial charge >= 0.3 is 0 Å². The van der Waals surface area contributed by atoms with Gasteiger partial charge in [0.1, 0.15) is 17.3 Å². The molecular weight excluding hydrogens is 314 g/mol. The summed E-state index contributed by atoms with van der Waals surface area (Å²) in [5, 5.41) is 3.25. The average molecular weight is 341 g/mol. The van der Waals surface area contributed by atoms with Crippen molar-refractivity contribution in [3.8, 4) is 0 Å². The van der Waals surface area contributed by atoms with Crippen LogP contribution in [-0.4, -0.2) is 48.5 Å². The standard InChI is InChI=1S/C19H27N5O/c1-6-7-12-24(5)19(25)17-13-18(21-14(2)20-17)22-15-8-10-16(11-9-15)23(3)4/h8-11,13H,6-7,12H2,1-5H3,(H,20,21,22). The minimum atomic E-state index is -0.0787. The van der Waals surface area contributed by atoms with Crippen LogP contribution in [0.1, 0.15) is 36.1 Å². The van der Waals surface area contributed by atoms with E-state index in [0.29, 0.717) is 17.3 Å². The van der Waals surface area contributed by atoms with Gasteiger partial charge in [-0.25, -0.2) is 9.97 Å². The molecule has 2 rings (SSSR count). The fourth-order valence-electron chi connectivity index (χ4n) is 2.42. The first-order valence-electron chi connectivity index (χ1n) is 8.56. The number of unbranched alkanes of at least 4 members (excludes halogenated alkanes) is 1. The molecule has 0 unspecified atom stereocenters. The second kappa shape index (κ2) is 8.46. The zero-order valence-electron chi connectivity index (χ0n) is 15.7. The predicted octanol–water partition coefficient (Wildman–Crippen LogP) is 3.47. The third kappa shape index (κ3) is 5.17. The minimum Gasteiger partial charge on any atom is -0.378 e. The lowest BCUT2D eigenvalue weighted by Gasteiger charge is -2.17. The number of anilines is 3. The van der Waals surface area contributed by atoms with E-state index in [-0.39, 0.29) is 5.91 Å². The summed E-state index contributed by atoms with van der Waals surface area (Å²) in [4.78, 5) is 25.0. The molecule has 0 aliphatic carbocycles. The largest absolute Gasteiger partial charge is 0.378 e. The van der Waals surface area contributed by atoms with Crippen molar-refractivity contribution in [3.63, 3.8) is 0 Å². The molecule has 0 spiro atoms. The number of carbonyl (C=O) groups is 1.